The van der Waals surface area contributed by atoms with Crippen LogP contribution >= 0.6 is 0 Å². The number of nitrogens with zero attached hydrogens (tertiary/aromatic N) is 5. The lowest BCUT2D eigenvalue weighted by Gasteiger charge is -2.34. The van der Waals surface area contributed by atoms with Gasteiger partial charge in [-0.05, 0) is 23.6 Å². The van der Waals surface area contributed by atoms with Crippen LogP contribution < -0.4 is 5.73 Å². The molecule has 1 atom stereocenters. The summed E-state index contributed by atoms with van der Waals surface area (Å²) in [5.74, 6) is 2.37. The van der Waals surface area contributed by atoms with Gasteiger partial charge in [0.25, 0.3) is 0 Å². The zero-order valence-electron chi connectivity index (χ0n) is 13.4. The summed E-state index contributed by atoms with van der Waals surface area (Å²) < 4.78 is 5.70. The van der Waals surface area contributed by atoms with Crippen LogP contribution in [0.2, 0.25) is 0 Å². The van der Waals surface area contributed by atoms with Gasteiger partial charge in [-0.2, -0.15) is 0 Å². The van der Waals surface area contributed by atoms with Crippen molar-refractivity contribution in [1.29, 1.82) is 0 Å². The monoisotopic (exact) mass is 322 g/mol. The Morgan fingerprint density at radius 2 is 2.04 bits per heavy atom. The van der Waals surface area contributed by atoms with Crippen molar-refractivity contribution in [3.8, 4) is 0 Å². The van der Waals surface area contributed by atoms with Crippen molar-refractivity contribution >= 4 is 5.82 Å². The molecule has 0 spiro atoms. The minimum absolute atomic E-state index is 0.00568. The molecular formula is C17H18N6O. The Labute approximate surface area is 139 Å². The van der Waals surface area contributed by atoms with Gasteiger partial charge in [0.15, 0.2) is 0 Å². The van der Waals surface area contributed by atoms with E-state index in [0.29, 0.717) is 30.0 Å². The number of rotatable bonds is 3. The van der Waals surface area contributed by atoms with E-state index >= 15 is 0 Å². The molecule has 0 radical (unpaired) electrons. The summed E-state index contributed by atoms with van der Waals surface area (Å²) in [5, 5.41) is 8.21. The first-order chi connectivity index (χ1) is 11.7. The molecule has 0 bridgehead atoms. The minimum Gasteiger partial charge on any atom is -0.424 e. The van der Waals surface area contributed by atoms with Gasteiger partial charge in [0.05, 0.1) is 12.6 Å². The van der Waals surface area contributed by atoms with E-state index in [1.54, 1.807) is 19.2 Å². The molecule has 4 rings (SSSR count). The Morgan fingerprint density at radius 3 is 2.79 bits per heavy atom. The molecule has 0 fully saturated rings. The molecule has 3 heterocycles. The molecule has 0 unspecified atom stereocenters. The summed E-state index contributed by atoms with van der Waals surface area (Å²) in [6.45, 7) is 3.16. The SMILES string of the molecule is Cc1nnc([C@@H]2Cc3ccccc3CN2Cc2nccc(N)n2)o1. The first-order valence-corrected chi connectivity index (χ1v) is 7.87. The largest absolute Gasteiger partial charge is 0.424 e. The van der Waals surface area contributed by atoms with Gasteiger partial charge in [-0.25, -0.2) is 9.97 Å². The van der Waals surface area contributed by atoms with E-state index < -0.39 is 0 Å². The Kier molecular flexibility index (Phi) is 3.70. The summed E-state index contributed by atoms with van der Waals surface area (Å²) in [4.78, 5) is 10.9. The lowest BCUT2D eigenvalue weighted by Crippen LogP contribution is -2.34. The van der Waals surface area contributed by atoms with Crippen LogP contribution in [0.3, 0.4) is 0 Å². The van der Waals surface area contributed by atoms with Crippen molar-refractivity contribution in [1.82, 2.24) is 25.1 Å². The lowest BCUT2D eigenvalue weighted by molar-refractivity contribution is 0.134. The van der Waals surface area contributed by atoms with Crippen LogP contribution in [0, 0.1) is 6.92 Å². The summed E-state index contributed by atoms with van der Waals surface area (Å²) in [5.41, 5.74) is 8.39. The minimum atomic E-state index is 0.00568. The van der Waals surface area contributed by atoms with E-state index in [4.69, 9.17) is 10.2 Å². The summed E-state index contributed by atoms with van der Waals surface area (Å²) in [7, 11) is 0. The molecule has 2 aromatic heterocycles. The molecule has 2 N–H and O–H groups in total. The number of nitrogen functional groups attached to an aromatic ring is 1. The summed E-state index contributed by atoms with van der Waals surface area (Å²) in [6, 6.07) is 10.1. The van der Waals surface area contributed by atoms with Gasteiger partial charge in [0.1, 0.15) is 11.6 Å². The van der Waals surface area contributed by atoms with Crippen LogP contribution in [-0.2, 0) is 19.5 Å². The van der Waals surface area contributed by atoms with E-state index in [1.807, 2.05) is 0 Å². The predicted octanol–water partition coefficient (Wildman–Crippen LogP) is 2.05. The molecular weight excluding hydrogens is 304 g/mol. The highest BCUT2D eigenvalue weighted by atomic mass is 16.4. The van der Waals surface area contributed by atoms with Gasteiger partial charge >= 0.3 is 0 Å². The maximum absolute atomic E-state index is 5.78. The van der Waals surface area contributed by atoms with Gasteiger partial charge in [-0.3, -0.25) is 4.90 Å². The highest BCUT2D eigenvalue weighted by Crippen LogP contribution is 2.33. The molecule has 0 saturated carbocycles. The molecule has 24 heavy (non-hydrogen) atoms. The molecule has 0 saturated heterocycles. The second kappa shape index (κ2) is 6.01. The molecule has 7 nitrogen and oxygen atoms in total. The normalized spacial score (nSPS) is 17.6. The maximum Gasteiger partial charge on any atom is 0.233 e. The zero-order valence-corrected chi connectivity index (χ0v) is 13.4. The number of aryl methyl sites for hydroxylation is 1. The van der Waals surface area contributed by atoms with E-state index in [0.717, 1.165) is 13.0 Å². The highest BCUT2D eigenvalue weighted by Gasteiger charge is 2.31. The van der Waals surface area contributed by atoms with Gasteiger partial charge in [-0.1, -0.05) is 24.3 Å². The van der Waals surface area contributed by atoms with E-state index in [2.05, 4.69) is 49.3 Å². The fourth-order valence-electron chi connectivity index (χ4n) is 3.11. The fraction of sp³-hybridized carbons (Fsp3) is 0.294. The van der Waals surface area contributed by atoms with Crippen molar-refractivity contribution in [2.45, 2.75) is 32.5 Å². The third-order valence-electron chi connectivity index (χ3n) is 4.24. The average molecular weight is 322 g/mol. The van der Waals surface area contributed by atoms with Gasteiger partial charge in [0, 0.05) is 19.7 Å². The number of aromatic nitrogens is 4. The first kappa shape index (κ1) is 14.8. The van der Waals surface area contributed by atoms with Crippen LogP contribution in [-0.4, -0.2) is 25.1 Å². The van der Waals surface area contributed by atoms with Crippen molar-refractivity contribution in [2.24, 2.45) is 0 Å². The highest BCUT2D eigenvalue weighted by molar-refractivity contribution is 5.31. The predicted molar refractivity (Wildman–Crippen MR) is 87.6 cm³/mol. The first-order valence-electron chi connectivity index (χ1n) is 7.87. The Bertz CT molecular complexity index is 862. The Morgan fingerprint density at radius 1 is 1.21 bits per heavy atom. The summed E-state index contributed by atoms with van der Waals surface area (Å²) in [6.07, 6.45) is 2.50. The van der Waals surface area contributed by atoms with E-state index in [9.17, 15) is 0 Å². The Balaban J connectivity index is 1.68. The third kappa shape index (κ3) is 2.85. The molecule has 3 aromatic rings. The molecule has 0 amide bonds. The number of hydrogen-bond acceptors (Lipinski definition) is 7. The maximum atomic E-state index is 5.78. The van der Waals surface area contributed by atoms with E-state index in [-0.39, 0.29) is 6.04 Å². The molecule has 1 aliphatic rings. The zero-order chi connectivity index (χ0) is 16.5. The molecule has 1 aromatic carbocycles. The second-order valence-electron chi connectivity index (χ2n) is 5.95. The van der Waals surface area contributed by atoms with E-state index in [1.165, 1.54) is 11.1 Å². The van der Waals surface area contributed by atoms with Crippen LogP contribution in [0.15, 0.2) is 40.9 Å². The lowest BCUT2D eigenvalue weighted by atomic mass is 9.94. The number of anilines is 1. The number of hydrogen-bond donors (Lipinski definition) is 1. The number of benzene rings is 1. The smallest absolute Gasteiger partial charge is 0.233 e. The Hall–Kier alpha value is -2.80. The van der Waals surface area contributed by atoms with Crippen molar-refractivity contribution in [2.75, 3.05) is 5.73 Å². The third-order valence-corrected chi connectivity index (χ3v) is 4.24. The van der Waals surface area contributed by atoms with Gasteiger partial charge < -0.3 is 10.2 Å². The average Bonchev–Trinajstić information content (AvgIpc) is 3.00. The number of nitrogens with two attached hydrogens (primary N) is 1. The van der Waals surface area contributed by atoms with Crippen LogP contribution in [0.25, 0.3) is 0 Å². The second-order valence-corrected chi connectivity index (χ2v) is 5.95. The molecule has 7 heteroatoms. The van der Waals surface area contributed by atoms with Crippen molar-refractivity contribution in [3.05, 3.63) is 65.3 Å². The standard InChI is InChI=1S/C17H18N6O/c1-11-21-22-17(24-11)14-8-12-4-2-3-5-13(12)9-23(14)10-16-19-7-6-15(18)20-16/h2-7,14H,8-10H2,1H3,(H2,18,19,20)/t14-/m0/s1. The quantitative estimate of drug-likeness (QED) is 0.788. The van der Waals surface area contributed by atoms with Crippen molar-refractivity contribution < 1.29 is 4.42 Å². The molecule has 1 aliphatic heterocycles. The molecule has 0 aliphatic carbocycles. The van der Waals surface area contributed by atoms with Crippen LogP contribution in [0.1, 0.15) is 34.8 Å². The van der Waals surface area contributed by atoms with Crippen LogP contribution in [0.5, 0.6) is 0 Å². The fourth-order valence-corrected chi connectivity index (χ4v) is 3.11. The molecule has 122 valence electrons. The van der Waals surface area contributed by atoms with Crippen molar-refractivity contribution in [3.63, 3.8) is 0 Å². The number of fused-ring (bicyclic) bond motifs is 1. The van der Waals surface area contributed by atoms with Crippen LogP contribution in [0.4, 0.5) is 5.82 Å². The summed E-state index contributed by atoms with van der Waals surface area (Å²) >= 11 is 0. The van der Waals surface area contributed by atoms with Gasteiger partial charge in [-0.15, -0.1) is 10.2 Å². The van der Waals surface area contributed by atoms with Gasteiger partial charge in [0.2, 0.25) is 11.8 Å². The topological polar surface area (TPSA) is 94.0 Å².